The number of hydrogen-bond acceptors (Lipinski definition) is 8. The first-order chi connectivity index (χ1) is 14.4. The van der Waals surface area contributed by atoms with Gasteiger partial charge in [0.25, 0.3) is 0 Å². The number of nitrogens with two attached hydrogens (primary N) is 1. The summed E-state index contributed by atoms with van der Waals surface area (Å²) in [6, 6.07) is 6.80. The summed E-state index contributed by atoms with van der Waals surface area (Å²) in [5.74, 6) is 0.648. The van der Waals surface area contributed by atoms with Crippen molar-refractivity contribution in [1.82, 2.24) is 9.88 Å². The van der Waals surface area contributed by atoms with E-state index in [1.807, 2.05) is 24.3 Å². The monoisotopic (exact) mass is 465 g/mol. The largest absolute Gasteiger partial charge is 0.497 e. The van der Waals surface area contributed by atoms with E-state index in [4.69, 9.17) is 26.8 Å². The molecule has 0 radical (unpaired) electrons. The fourth-order valence-electron chi connectivity index (χ4n) is 3.39. The van der Waals surface area contributed by atoms with Gasteiger partial charge >= 0.3 is 5.97 Å². The zero-order valence-electron chi connectivity index (χ0n) is 16.1. The molecule has 10 heteroatoms. The average Bonchev–Trinajstić information content (AvgIpc) is 3.20. The third-order valence-corrected chi connectivity index (χ3v) is 7.96. The van der Waals surface area contributed by atoms with Crippen molar-refractivity contribution >= 4 is 52.7 Å². The number of β-lactam (4-membered cyclic amide) rings is 1. The van der Waals surface area contributed by atoms with Crippen molar-refractivity contribution in [1.29, 1.82) is 0 Å². The van der Waals surface area contributed by atoms with Crippen LogP contribution in [0, 0.1) is 5.41 Å². The van der Waals surface area contributed by atoms with E-state index < -0.39 is 17.4 Å². The van der Waals surface area contributed by atoms with Crippen molar-refractivity contribution in [2.24, 2.45) is 11.1 Å². The van der Waals surface area contributed by atoms with Crippen LogP contribution < -0.4 is 10.5 Å². The summed E-state index contributed by atoms with van der Waals surface area (Å²) in [6.45, 7) is 0.354. The van der Waals surface area contributed by atoms with E-state index in [9.17, 15) is 9.59 Å². The summed E-state index contributed by atoms with van der Waals surface area (Å²) in [5, 5.41) is 0.279. The Hall–Kier alpha value is -2.07. The number of thiazole rings is 1. The summed E-state index contributed by atoms with van der Waals surface area (Å²) < 4.78 is 10.8. The van der Waals surface area contributed by atoms with Gasteiger partial charge in [0, 0.05) is 12.3 Å². The van der Waals surface area contributed by atoms with Crippen LogP contribution in [0.15, 0.2) is 35.9 Å². The Labute approximate surface area is 187 Å². The van der Waals surface area contributed by atoms with E-state index in [-0.39, 0.29) is 24.4 Å². The average molecular weight is 466 g/mol. The van der Waals surface area contributed by atoms with E-state index in [0.717, 1.165) is 16.2 Å². The van der Waals surface area contributed by atoms with Gasteiger partial charge in [-0.15, -0.1) is 23.1 Å². The van der Waals surface area contributed by atoms with Crippen molar-refractivity contribution < 1.29 is 19.1 Å². The van der Waals surface area contributed by atoms with Gasteiger partial charge in [0.2, 0.25) is 5.91 Å². The minimum atomic E-state index is -0.989. The number of fused-ring (bicyclic) bond motifs is 1. The van der Waals surface area contributed by atoms with E-state index in [1.54, 1.807) is 29.7 Å². The molecule has 0 bridgehead atoms. The number of nitrogens with zero attached hydrogens (tertiary/aromatic N) is 2. The van der Waals surface area contributed by atoms with Crippen LogP contribution in [0.2, 0.25) is 5.15 Å². The number of methoxy groups -OCH3 is 1. The Bertz CT molecular complexity index is 981. The maximum atomic E-state index is 13.2. The lowest BCUT2D eigenvalue weighted by atomic mass is 9.86. The van der Waals surface area contributed by atoms with Gasteiger partial charge in [-0.2, -0.15) is 0 Å². The first-order valence-corrected chi connectivity index (χ1v) is 11.5. The van der Waals surface area contributed by atoms with Crippen LogP contribution in [0.4, 0.5) is 0 Å². The summed E-state index contributed by atoms with van der Waals surface area (Å²) >= 11 is 8.96. The molecule has 0 aliphatic carbocycles. The lowest BCUT2D eigenvalue weighted by Crippen LogP contribution is -2.71. The Morgan fingerprint density at radius 1 is 1.43 bits per heavy atom. The van der Waals surface area contributed by atoms with E-state index in [2.05, 4.69) is 4.98 Å². The molecule has 2 fully saturated rings. The number of rotatable bonds is 6. The molecule has 2 unspecified atom stereocenters. The number of carbonyl (C=O) groups is 2. The predicted molar refractivity (Wildman–Crippen MR) is 117 cm³/mol. The molecule has 7 nitrogen and oxygen atoms in total. The van der Waals surface area contributed by atoms with Crippen molar-refractivity contribution in [3.05, 3.63) is 51.4 Å². The fourth-order valence-corrected chi connectivity index (χ4v) is 5.71. The molecule has 3 heterocycles. The quantitative estimate of drug-likeness (QED) is 0.517. The summed E-state index contributed by atoms with van der Waals surface area (Å²) in [6.07, 6.45) is 3.56. The second-order valence-electron chi connectivity index (χ2n) is 7.11. The van der Waals surface area contributed by atoms with Crippen LogP contribution in [0.5, 0.6) is 5.75 Å². The maximum Gasteiger partial charge on any atom is 0.318 e. The summed E-state index contributed by atoms with van der Waals surface area (Å²) in [7, 11) is 1.59. The molecule has 2 N–H and O–H groups in total. The normalized spacial score (nSPS) is 25.7. The SMILES string of the molecule is COc1ccc(COC(=O)C2(C=Cc3scnc3Cl)CS[C@@H]3C(N)C(=O)N3C2)cc1. The van der Waals surface area contributed by atoms with Crippen molar-refractivity contribution in [3.63, 3.8) is 0 Å². The zero-order valence-corrected chi connectivity index (χ0v) is 18.5. The molecule has 1 aromatic carbocycles. The number of aromatic nitrogens is 1. The van der Waals surface area contributed by atoms with E-state index >= 15 is 0 Å². The minimum Gasteiger partial charge on any atom is -0.497 e. The summed E-state index contributed by atoms with van der Waals surface area (Å²) in [5.41, 5.74) is 7.38. The topological polar surface area (TPSA) is 94.7 Å². The van der Waals surface area contributed by atoms with Gasteiger partial charge in [0.15, 0.2) is 0 Å². The Morgan fingerprint density at radius 2 is 2.20 bits per heavy atom. The molecule has 1 aromatic heterocycles. The number of benzene rings is 1. The van der Waals surface area contributed by atoms with Crippen LogP contribution in [-0.4, -0.2) is 52.6 Å². The number of halogens is 1. The Balaban J connectivity index is 1.53. The molecule has 3 atom stereocenters. The standard InChI is InChI=1S/C20H20ClN3O4S2/c1-27-13-4-2-12(3-5-13)8-28-19(26)20(7-6-14-16(21)23-11-30-14)9-24-17(25)15(22)18(24)29-10-20/h2-7,11,15,18H,8-10,22H2,1H3/t15?,18-,20?/m1/s1. The first-order valence-electron chi connectivity index (χ1n) is 9.19. The lowest BCUT2D eigenvalue weighted by Gasteiger charge is -2.52. The number of amides is 1. The molecule has 2 aliphatic rings. The van der Waals surface area contributed by atoms with Gasteiger partial charge in [-0.25, -0.2) is 4.98 Å². The van der Waals surface area contributed by atoms with Crippen molar-refractivity contribution in [3.8, 4) is 5.75 Å². The molecule has 1 amide bonds. The van der Waals surface area contributed by atoms with Crippen LogP contribution in [-0.2, 0) is 20.9 Å². The smallest absolute Gasteiger partial charge is 0.318 e. The minimum absolute atomic E-state index is 0.0968. The van der Waals surface area contributed by atoms with Gasteiger partial charge in [-0.05, 0) is 23.8 Å². The van der Waals surface area contributed by atoms with Gasteiger partial charge in [-0.1, -0.05) is 29.8 Å². The lowest BCUT2D eigenvalue weighted by molar-refractivity contribution is -0.159. The molecule has 2 saturated heterocycles. The molecular formula is C20H20ClN3O4S2. The number of hydrogen-bond donors (Lipinski definition) is 1. The molecule has 158 valence electrons. The molecule has 0 saturated carbocycles. The third-order valence-electron chi connectivity index (χ3n) is 5.19. The Morgan fingerprint density at radius 3 is 2.87 bits per heavy atom. The van der Waals surface area contributed by atoms with E-state index in [0.29, 0.717) is 10.9 Å². The maximum absolute atomic E-state index is 13.2. The van der Waals surface area contributed by atoms with Gasteiger partial charge in [-0.3, -0.25) is 9.59 Å². The van der Waals surface area contributed by atoms with Crippen molar-refractivity contribution in [2.45, 2.75) is 18.0 Å². The molecule has 4 rings (SSSR count). The van der Waals surface area contributed by atoms with Crippen LogP contribution in [0.3, 0.4) is 0 Å². The highest BCUT2D eigenvalue weighted by Gasteiger charge is 2.55. The van der Waals surface area contributed by atoms with Crippen LogP contribution in [0.25, 0.3) is 6.08 Å². The molecule has 0 spiro atoms. The second kappa shape index (κ2) is 8.58. The van der Waals surface area contributed by atoms with E-state index in [1.165, 1.54) is 23.1 Å². The van der Waals surface area contributed by atoms with Gasteiger partial charge in [0.05, 0.1) is 17.5 Å². The Kier molecular flexibility index (Phi) is 6.06. The van der Waals surface area contributed by atoms with Gasteiger partial charge in [0.1, 0.15) is 34.3 Å². The number of carbonyl (C=O) groups excluding carboxylic acids is 2. The van der Waals surface area contributed by atoms with Gasteiger partial charge < -0.3 is 20.1 Å². The first kappa shape index (κ1) is 21.2. The molecular weight excluding hydrogens is 446 g/mol. The highest BCUT2D eigenvalue weighted by atomic mass is 35.5. The van der Waals surface area contributed by atoms with Crippen LogP contribution >= 0.6 is 34.7 Å². The second-order valence-corrected chi connectivity index (χ2v) is 9.46. The predicted octanol–water partition coefficient (Wildman–Crippen LogP) is 2.79. The van der Waals surface area contributed by atoms with Crippen LogP contribution in [0.1, 0.15) is 10.4 Å². The summed E-state index contributed by atoms with van der Waals surface area (Å²) in [4.78, 5) is 31.8. The van der Waals surface area contributed by atoms with Crippen molar-refractivity contribution in [2.75, 3.05) is 19.4 Å². The number of ether oxygens (including phenoxy) is 2. The third kappa shape index (κ3) is 3.94. The fraction of sp³-hybridized carbons (Fsp3) is 0.350. The zero-order chi connectivity index (χ0) is 21.3. The molecule has 2 aliphatic heterocycles. The molecule has 2 aromatic rings. The highest BCUT2D eigenvalue weighted by molar-refractivity contribution is 8.00. The number of thioether (sulfide) groups is 1. The highest BCUT2D eigenvalue weighted by Crippen LogP contribution is 2.43. The number of esters is 1. The molecule has 30 heavy (non-hydrogen) atoms.